The van der Waals surface area contributed by atoms with Crippen LogP contribution < -0.4 is 11.5 Å². The van der Waals surface area contributed by atoms with Crippen molar-refractivity contribution in [2.45, 2.75) is 38.1 Å². The minimum absolute atomic E-state index is 0.0265. The van der Waals surface area contributed by atoms with E-state index in [2.05, 4.69) is 0 Å². The maximum Gasteiger partial charge on any atom is 0.129 e. The predicted octanol–water partition coefficient (Wildman–Crippen LogP) is 2.52. The van der Waals surface area contributed by atoms with Gasteiger partial charge in [0.2, 0.25) is 0 Å². The van der Waals surface area contributed by atoms with Gasteiger partial charge in [-0.05, 0) is 18.6 Å². The lowest BCUT2D eigenvalue weighted by molar-refractivity contribution is 0.446. The van der Waals surface area contributed by atoms with Crippen LogP contribution in [0.4, 0.5) is 8.78 Å². The molecule has 96 valence electrons. The monoisotopic (exact) mass is 242 g/mol. The van der Waals surface area contributed by atoms with Crippen molar-refractivity contribution < 1.29 is 8.78 Å². The van der Waals surface area contributed by atoms with Gasteiger partial charge in [-0.1, -0.05) is 25.8 Å². The molecule has 0 saturated carbocycles. The van der Waals surface area contributed by atoms with Gasteiger partial charge in [-0.2, -0.15) is 0 Å². The molecule has 4 heteroatoms. The maximum absolute atomic E-state index is 13.6. The zero-order valence-corrected chi connectivity index (χ0v) is 10.1. The highest BCUT2D eigenvalue weighted by molar-refractivity contribution is 5.25. The topological polar surface area (TPSA) is 52.0 Å². The molecule has 0 saturated heterocycles. The number of nitrogens with two attached hydrogens (primary N) is 2. The summed E-state index contributed by atoms with van der Waals surface area (Å²) in [4.78, 5) is 0. The van der Waals surface area contributed by atoms with E-state index in [1.165, 1.54) is 18.2 Å². The van der Waals surface area contributed by atoms with Gasteiger partial charge in [0.25, 0.3) is 0 Å². The third-order valence-corrected chi connectivity index (χ3v) is 3.03. The molecule has 2 nitrogen and oxygen atoms in total. The molecule has 0 fully saturated rings. The summed E-state index contributed by atoms with van der Waals surface area (Å²) in [6.07, 6.45) is 2.67. The van der Waals surface area contributed by atoms with Crippen LogP contribution in [0.1, 0.15) is 37.7 Å². The summed E-state index contributed by atoms with van der Waals surface area (Å²) in [6.45, 7) is 2.20. The van der Waals surface area contributed by atoms with Crippen LogP contribution in [0.15, 0.2) is 18.2 Å². The summed E-state index contributed by atoms with van der Waals surface area (Å²) in [5.41, 5.74) is 11.6. The maximum atomic E-state index is 13.6. The number of rotatable bonds is 6. The second kappa shape index (κ2) is 6.67. The zero-order chi connectivity index (χ0) is 12.8. The van der Waals surface area contributed by atoms with Crippen LogP contribution in [0.3, 0.4) is 0 Å². The molecule has 0 aliphatic rings. The van der Waals surface area contributed by atoms with Gasteiger partial charge in [0.15, 0.2) is 0 Å². The first-order valence-electron chi connectivity index (χ1n) is 6.01. The number of benzene rings is 1. The molecule has 17 heavy (non-hydrogen) atoms. The fraction of sp³-hybridized carbons (Fsp3) is 0.538. The molecule has 0 radical (unpaired) electrons. The van der Waals surface area contributed by atoms with Crippen molar-refractivity contribution >= 4 is 0 Å². The van der Waals surface area contributed by atoms with E-state index in [1.54, 1.807) is 0 Å². The lowest BCUT2D eigenvalue weighted by Crippen LogP contribution is -2.34. The quantitative estimate of drug-likeness (QED) is 0.805. The summed E-state index contributed by atoms with van der Waals surface area (Å²) >= 11 is 0. The molecule has 0 heterocycles. The van der Waals surface area contributed by atoms with Crippen molar-refractivity contribution in [3.8, 4) is 0 Å². The smallest absolute Gasteiger partial charge is 0.129 e. The number of hydrogen-bond donors (Lipinski definition) is 2. The van der Waals surface area contributed by atoms with Crippen LogP contribution in [-0.4, -0.2) is 12.6 Å². The van der Waals surface area contributed by atoms with Gasteiger partial charge in [0.1, 0.15) is 11.6 Å². The number of unbranched alkanes of at least 4 members (excludes halogenated alkanes) is 1. The number of hydrogen-bond acceptors (Lipinski definition) is 2. The van der Waals surface area contributed by atoms with Crippen molar-refractivity contribution in [1.29, 1.82) is 0 Å². The Morgan fingerprint density at radius 1 is 1.24 bits per heavy atom. The molecule has 2 unspecified atom stereocenters. The molecular weight excluding hydrogens is 222 g/mol. The largest absolute Gasteiger partial charge is 0.330 e. The Morgan fingerprint density at radius 2 is 1.82 bits per heavy atom. The van der Waals surface area contributed by atoms with Crippen molar-refractivity contribution in [2.24, 2.45) is 11.5 Å². The molecule has 0 bridgehead atoms. The highest BCUT2D eigenvalue weighted by Crippen LogP contribution is 2.26. The highest BCUT2D eigenvalue weighted by Gasteiger charge is 2.24. The van der Waals surface area contributed by atoms with E-state index in [-0.39, 0.29) is 18.2 Å². The third kappa shape index (κ3) is 3.48. The summed E-state index contributed by atoms with van der Waals surface area (Å²) < 4.78 is 27.2. The zero-order valence-electron chi connectivity index (χ0n) is 10.1. The second-order valence-corrected chi connectivity index (χ2v) is 4.28. The Labute approximate surface area is 101 Å². The van der Waals surface area contributed by atoms with E-state index in [0.29, 0.717) is 0 Å². The Bertz CT molecular complexity index is 335. The molecule has 0 aliphatic carbocycles. The Balaban J connectivity index is 2.93. The molecule has 4 N–H and O–H groups in total. The molecule has 2 atom stereocenters. The van der Waals surface area contributed by atoms with E-state index in [0.717, 1.165) is 19.3 Å². The van der Waals surface area contributed by atoms with Gasteiger partial charge in [0.05, 0.1) is 0 Å². The summed E-state index contributed by atoms with van der Waals surface area (Å²) in [6, 6.07) is 3.53. The first kappa shape index (κ1) is 14.1. The Morgan fingerprint density at radius 3 is 2.29 bits per heavy atom. The van der Waals surface area contributed by atoms with E-state index >= 15 is 0 Å². The SMILES string of the molecule is CCCCC(N)C(CN)c1c(F)cccc1F. The van der Waals surface area contributed by atoms with Gasteiger partial charge in [-0.25, -0.2) is 8.78 Å². The Kier molecular flexibility index (Phi) is 5.51. The van der Waals surface area contributed by atoms with Crippen molar-refractivity contribution in [3.63, 3.8) is 0 Å². The van der Waals surface area contributed by atoms with Gasteiger partial charge in [-0.3, -0.25) is 0 Å². The van der Waals surface area contributed by atoms with Crippen LogP contribution in [0.25, 0.3) is 0 Å². The van der Waals surface area contributed by atoms with E-state index in [4.69, 9.17) is 11.5 Å². The lowest BCUT2D eigenvalue weighted by Gasteiger charge is -2.23. The van der Waals surface area contributed by atoms with Crippen LogP contribution in [-0.2, 0) is 0 Å². The highest BCUT2D eigenvalue weighted by atomic mass is 19.1. The predicted molar refractivity (Wildman–Crippen MR) is 65.7 cm³/mol. The standard InChI is InChI=1S/C13H20F2N2/c1-2-3-7-12(17)9(8-16)13-10(14)5-4-6-11(13)15/h4-6,9,12H,2-3,7-8,16-17H2,1H3. The first-order chi connectivity index (χ1) is 8.11. The van der Waals surface area contributed by atoms with Crippen molar-refractivity contribution in [2.75, 3.05) is 6.54 Å². The minimum atomic E-state index is -0.563. The van der Waals surface area contributed by atoms with Crippen molar-refractivity contribution in [1.82, 2.24) is 0 Å². The second-order valence-electron chi connectivity index (χ2n) is 4.28. The Hall–Kier alpha value is -1.00. The molecule has 0 aromatic heterocycles. The molecule has 0 amide bonds. The average Bonchev–Trinajstić information content (AvgIpc) is 2.31. The number of halogens is 2. The van der Waals surface area contributed by atoms with Gasteiger partial charge in [0, 0.05) is 24.1 Å². The first-order valence-corrected chi connectivity index (χ1v) is 6.01. The van der Waals surface area contributed by atoms with Crippen LogP contribution >= 0.6 is 0 Å². The molecule has 1 aromatic carbocycles. The third-order valence-electron chi connectivity index (χ3n) is 3.03. The summed E-state index contributed by atoms with van der Waals surface area (Å²) in [5.74, 6) is -1.58. The van der Waals surface area contributed by atoms with Crippen LogP contribution in [0, 0.1) is 11.6 Å². The minimum Gasteiger partial charge on any atom is -0.330 e. The molecule has 1 rings (SSSR count). The summed E-state index contributed by atoms with van der Waals surface area (Å²) in [5, 5.41) is 0. The fourth-order valence-corrected chi connectivity index (χ4v) is 2.01. The van der Waals surface area contributed by atoms with Crippen molar-refractivity contribution in [3.05, 3.63) is 35.4 Å². The molecular formula is C13H20F2N2. The fourth-order valence-electron chi connectivity index (χ4n) is 2.01. The molecule has 0 spiro atoms. The van der Waals surface area contributed by atoms with Gasteiger partial charge in [-0.15, -0.1) is 0 Å². The molecule has 1 aromatic rings. The van der Waals surface area contributed by atoms with Crippen LogP contribution in [0.2, 0.25) is 0 Å². The normalized spacial score (nSPS) is 14.6. The van der Waals surface area contributed by atoms with E-state index in [9.17, 15) is 8.78 Å². The molecule has 0 aliphatic heterocycles. The van der Waals surface area contributed by atoms with E-state index in [1.807, 2.05) is 6.92 Å². The summed E-state index contributed by atoms with van der Waals surface area (Å²) in [7, 11) is 0. The van der Waals surface area contributed by atoms with Gasteiger partial charge < -0.3 is 11.5 Å². The van der Waals surface area contributed by atoms with Crippen LogP contribution in [0.5, 0.6) is 0 Å². The lowest BCUT2D eigenvalue weighted by atomic mass is 9.88. The average molecular weight is 242 g/mol. The van der Waals surface area contributed by atoms with Gasteiger partial charge >= 0.3 is 0 Å². The van der Waals surface area contributed by atoms with E-state index < -0.39 is 17.6 Å².